The van der Waals surface area contributed by atoms with E-state index in [9.17, 15) is 9.90 Å². The van der Waals surface area contributed by atoms with Crippen LogP contribution in [0.3, 0.4) is 0 Å². The Morgan fingerprint density at radius 2 is 2.10 bits per heavy atom. The van der Waals surface area contributed by atoms with Crippen LogP contribution in [-0.4, -0.2) is 35.2 Å². The van der Waals surface area contributed by atoms with Gasteiger partial charge in [0, 0.05) is 11.6 Å². The topological polar surface area (TPSA) is 49.8 Å². The molecule has 1 fully saturated rings. The molecule has 0 saturated carbocycles. The number of hydrogen-bond donors (Lipinski definition) is 1. The van der Waals surface area contributed by atoms with Crippen LogP contribution in [0.15, 0.2) is 24.3 Å². The molecule has 0 spiro atoms. The lowest BCUT2D eigenvalue weighted by Crippen LogP contribution is -2.55. The quantitative estimate of drug-likeness (QED) is 0.919. The first kappa shape index (κ1) is 14.9. The average Bonchev–Trinajstić information content (AvgIpc) is 2.47. The largest absolute Gasteiger partial charge is 0.496 e. The number of benzene rings is 1. The van der Waals surface area contributed by atoms with Crippen LogP contribution in [0.4, 0.5) is 0 Å². The lowest BCUT2D eigenvalue weighted by molar-refractivity contribution is -0.155. The summed E-state index contributed by atoms with van der Waals surface area (Å²) in [5.41, 5.74) is 0.253. The van der Waals surface area contributed by atoms with Crippen LogP contribution >= 0.6 is 0 Å². The fourth-order valence-electron chi connectivity index (χ4n) is 3.17. The third-order valence-corrected chi connectivity index (χ3v) is 4.46. The summed E-state index contributed by atoms with van der Waals surface area (Å²) in [6, 6.07) is 7.86. The van der Waals surface area contributed by atoms with Gasteiger partial charge in [-0.2, -0.15) is 0 Å². The van der Waals surface area contributed by atoms with Gasteiger partial charge in [0.25, 0.3) is 0 Å². The van der Waals surface area contributed by atoms with Gasteiger partial charge in [0.1, 0.15) is 11.3 Å². The van der Waals surface area contributed by atoms with Gasteiger partial charge >= 0.3 is 5.97 Å². The Hall–Kier alpha value is -1.55. The molecule has 1 heterocycles. The Bertz CT molecular complexity index is 488. The number of para-hydroxylation sites is 1. The lowest BCUT2D eigenvalue weighted by atomic mass is 9.86. The summed E-state index contributed by atoms with van der Waals surface area (Å²) in [6.45, 7) is 4.70. The second kappa shape index (κ2) is 5.83. The number of methoxy groups -OCH3 is 1. The number of carboxylic acids is 1. The Morgan fingerprint density at radius 3 is 2.75 bits per heavy atom. The van der Waals surface area contributed by atoms with E-state index >= 15 is 0 Å². The fraction of sp³-hybridized carbons (Fsp3) is 0.562. The number of ether oxygens (including phenoxy) is 1. The van der Waals surface area contributed by atoms with Crippen LogP contribution in [-0.2, 0) is 4.79 Å². The van der Waals surface area contributed by atoms with Gasteiger partial charge in [-0.05, 0) is 45.7 Å². The third kappa shape index (κ3) is 2.52. The van der Waals surface area contributed by atoms with E-state index in [0.29, 0.717) is 6.42 Å². The number of hydrogen-bond acceptors (Lipinski definition) is 3. The number of nitrogens with zero attached hydrogens (tertiary/aromatic N) is 1. The molecule has 2 unspecified atom stereocenters. The van der Waals surface area contributed by atoms with E-state index in [2.05, 4.69) is 11.8 Å². The lowest BCUT2D eigenvalue weighted by Gasteiger charge is -2.45. The number of carbonyl (C=O) groups is 1. The molecule has 110 valence electrons. The van der Waals surface area contributed by atoms with Crippen LogP contribution in [0.25, 0.3) is 0 Å². The predicted octanol–water partition coefficient (Wildman–Crippen LogP) is 3.09. The van der Waals surface area contributed by atoms with E-state index in [1.54, 1.807) is 7.11 Å². The van der Waals surface area contributed by atoms with Crippen molar-refractivity contribution in [3.8, 4) is 5.75 Å². The Labute approximate surface area is 120 Å². The molecule has 4 heteroatoms. The van der Waals surface area contributed by atoms with E-state index in [0.717, 1.165) is 30.7 Å². The number of carboxylic acid groups (broad SMARTS) is 1. The SMILES string of the molecule is COc1ccccc1C(C)N1CCCCC1(C)C(=O)O. The molecule has 0 amide bonds. The molecule has 2 atom stereocenters. The van der Waals surface area contributed by atoms with Gasteiger partial charge in [-0.3, -0.25) is 9.69 Å². The van der Waals surface area contributed by atoms with E-state index in [4.69, 9.17) is 4.74 Å². The van der Waals surface area contributed by atoms with Crippen molar-refractivity contribution in [2.75, 3.05) is 13.7 Å². The van der Waals surface area contributed by atoms with Crippen molar-refractivity contribution < 1.29 is 14.6 Å². The van der Waals surface area contributed by atoms with Crippen LogP contribution in [0.5, 0.6) is 5.75 Å². The fourth-order valence-corrected chi connectivity index (χ4v) is 3.17. The van der Waals surface area contributed by atoms with Gasteiger partial charge in [0.2, 0.25) is 0 Å². The van der Waals surface area contributed by atoms with E-state index in [-0.39, 0.29) is 6.04 Å². The van der Waals surface area contributed by atoms with Crippen LogP contribution in [0, 0.1) is 0 Å². The zero-order valence-corrected chi connectivity index (χ0v) is 12.4. The standard InChI is InChI=1S/C16H23NO3/c1-12(13-8-4-5-9-14(13)20-3)17-11-7-6-10-16(17,2)15(18)19/h4-5,8-9,12H,6-7,10-11H2,1-3H3,(H,18,19). The van der Waals surface area contributed by atoms with Crippen molar-refractivity contribution in [2.24, 2.45) is 0 Å². The zero-order valence-electron chi connectivity index (χ0n) is 12.4. The first-order valence-corrected chi connectivity index (χ1v) is 7.14. The molecule has 4 nitrogen and oxygen atoms in total. The van der Waals surface area contributed by atoms with Crippen LogP contribution in [0.1, 0.15) is 44.7 Å². The maximum Gasteiger partial charge on any atom is 0.323 e. The Balaban J connectivity index is 2.35. The smallest absolute Gasteiger partial charge is 0.323 e. The minimum Gasteiger partial charge on any atom is -0.496 e. The van der Waals surface area contributed by atoms with Crippen molar-refractivity contribution in [1.82, 2.24) is 4.90 Å². The summed E-state index contributed by atoms with van der Waals surface area (Å²) in [5.74, 6) is 0.0808. The second-order valence-electron chi connectivity index (χ2n) is 5.65. The molecular weight excluding hydrogens is 254 g/mol. The first-order chi connectivity index (χ1) is 9.50. The highest BCUT2D eigenvalue weighted by molar-refractivity contribution is 5.78. The highest BCUT2D eigenvalue weighted by Gasteiger charge is 2.44. The summed E-state index contributed by atoms with van der Waals surface area (Å²) in [6.07, 6.45) is 2.71. The number of aliphatic carboxylic acids is 1. The maximum atomic E-state index is 11.7. The Kier molecular flexibility index (Phi) is 4.33. The van der Waals surface area contributed by atoms with Gasteiger partial charge in [0.05, 0.1) is 7.11 Å². The summed E-state index contributed by atoms with van der Waals surface area (Å²) < 4.78 is 5.41. The summed E-state index contributed by atoms with van der Waals surface area (Å²) in [7, 11) is 1.65. The molecule has 2 rings (SSSR count). The van der Waals surface area contributed by atoms with Crippen molar-refractivity contribution in [3.63, 3.8) is 0 Å². The van der Waals surface area contributed by atoms with Gasteiger partial charge in [-0.15, -0.1) is 0 Å². The summed E-state index contributed by atoms with van der Waals surface area (Å²) in [4.78, 5) is 13.8. The minimum atomic E-state index is -0.793. The van der Waals surface area contributed by atoms with Crippen LogP contribution < -0.4 is 4.74 Å². The van der Waals surface area contributed by atoms with Crippen LogP contribution in [0.2, 0.25) is 0 Å². The molecule has 0 aliphatic carbocycles. The third-order valence-electron chi connectivity index (χ3n) is 4.46. The highest BCUT2D eigenvalue weighted by Crippen LogP contribution is 2.38. The van der Waals surface area contributed by atoms with E-state index in [1.807, 2.05) is 31.2 Å². The second-order valence-corrected chi connectivity index (χ2v) is 5.65. The molecule has 1 saturated heterocycles. The number of piperidine rings is 1. The van der Waals surface area contributed by atoms with Crippen molar-refractivity contribution in [3.05, 3.63) is 29.8 Å². The number of rotatable bonds is 4. The molecule has 1 aromatic carbocycles. The summed E-state index contributed by atoms with van der Waals surface area (Å²) >= 11 is 0. The van der Waals surface area contributed by atoms with Gasteiger partial charge < -0.3 is 9.84 Å². The van der Waals surface area contributed by atoms with Crippen molar-refractivity contribution >= 4 is 5.97 Å². The Morgan fingerprint density at radius 1 is 1.40 bits per heavy atom. The first-order valence-electron chi connectivity index (χ1n) is 7.14. The van der Waals surface area contributed by atoms with E-state index in [1.165, 1.54) is 0 Å². The predicted molar refractivity (Wildman–Crippen MR) is 78.0 cm³/mol. The molecular formula is C16H23NO3. The highest BCUT2D eigenvalue weighted by atomic mass is 16.5. The monoisotopic (exact) mass is 277 g/mol. The molecule has 0 radical (unpaired) electrons. The van der Waals surface area contributed by atoms with Gasteiger partial charge in [-0.1, -0.05) is 18.2 Å². The van der Waals surface area contributed by atoms with Gasteiger partial charge in [0.15, 0.2) is 0 Å². The molecule has 0 bridgehead atoms. The zero-order chi connectivity index (χ0) is 14.8. The molecule has 1 N–H and O–H groups in total. The molecule has 1 aliphatic heterocycles. The van der Waals surface area contributed by atoms with Crippen molar-refractivity contribution in [1.29, 1.82) is 0 Å². The average molecular weight is 277 g/mol. The van der Waals surface area contributed by atoms with Gasteiger partial charge in [-0.25, -0.2) is 0 Å². The normalized spacial score (nSPS) is 25.1. The number of likely N-dealkylation sites (tertiary alicyclic amines) is 1. The maximum absolute atomic E-state index is 11.7. The molecule has 0 aromatic heterocycles. The van der Waals surface area contributed by atoms with E-state index < -0.39 is 11.5 Å². The minimum absolute atomic E-state index is 0.0209. The van der Waals surface area contributed by atoms with Crippen molar-refractivity contribution in [2.45, 2.75) is 44.7 Å². The molecule has 1 aromatic rings. The molecule has 20 heavy (non-hydrogen) atoms. The molecule has 1 aliphatic rings. The summed E-state index contributed by atoms with van der Waals surface area (Å²) in [5, 5.41) is 9.62.